The molecule has 0 heterocycles. The van der Waals surface area contributed by atoms with Gasteiger partial charge in [0, 0.05) is 6.61 Å². The minimum Gasteiger partial charge on any atom is -0.467 e. The molecule has 0 saturated heterocycles. The molecule has 0 unspecified atom stereocenters. The zero-order valence-corrected chi connectivity index (χ0v) is 8.12. The maximum absolute atomic E-state index is 11.0. The van der Waals surface area contributed by atoms with Crippen molar-refractivity contribution in [2.45, 2.75) is 19.9 Å². The Morgan fingerprint density at radius 2 is 2.08 bits per heavy atom. The molecule has 0 fully saturated rings. The van der Waals surface area contributed by atoms with E-state index in [9.17, 15) is 9.59 Å². The van der Waals surface area contributed by atoms with Gasteiger partial charge in [0.1, 0.15) is 12.6 Å². The lowest BCUT2D eigenvalue weighted by Gasteiger charge is -2.10. The topological polar surface area (TPSA) is 64.6 Å². The van der Waals surface area contributed by atoms with Crippen molar-refractivity contribution in [2.24, 2.45) is 0 Å². The average Bonchev–Trinajstić information content (AvgIpc) is 2.13. The molecule has 5 heteroatoms. The molecule has 1 N–H and O–H groups in total. The Morgan fingerprint density at radius 3 is 2.54 bits per heavy atom. The third-order valence-corrected chi connectivity index (χ3v) is 1.37. The first kappa shape index (κ1) is 11.9. The number of hydrogen-bond acceptors (Lipinski definition) is 4. The summed E-state index contributed by atoms with van der Waals surface area (Å²) < 4.78 is 9.27. The summed E-state index contributed by atoms with van der Waals surface area (Å²) in [5.74, 6) is -0.787. The number of methoxy groups -OCH3 is 1. The quantitative estimate of drug-likeness (QED) is 0.603. The molecule has 0 aromatic rings. The monoisotopic (exact) mass is 189 g/mol. The molecule has 1 atom stereocenters. The number of hydrogen-bond donors (Lipinski definition) is 1. The van der Waals surface area contributed by atoms with Gasteiger partial charge in [-0.2, -0.15) is 0 Å². The molecule has 0 aliphatic carbocycles. The van der Waals surface area contributed by atoms with Gasteiger partial charge in [0.05, 0.1) is 7.11 Å². The lowest BCUT2D eigenvalue weighted by Crippen LogP contribution is -2.40. The predicted molar refractivity (Wildman–Crippen MR) is 46.1 cm³/mol. The van der Waals surface area contributed by atoms with Crippen molar-refractivity contribution >= 4 is 11.9 Å². The van der Waals surface area contributed by atoms with Gasteiger partial charge >= 0.3 is 5.97 Å². The molecule has 0 bridgehead atoms. The first-order valence-corrected chi connectivity index (χ1v) is 4.06. The fraction of sp³-hybridized carbons (Fsp3) is 0.750. The van der Waals surface area contributed by atoms with Crippen molar-refractivity contribution in [3.8, 4) is 0 Å². The molecule has 0 saturated carbocycles. The van der Waals surface area contributed by atoms with Crippen molar-refractivity contribution in [3.63, 3.8) is 0 Å². The molecular formula is C8H15NO4. The van der Waals surface area contributed by atoms with Crippen LogP contribution in [0.4, 0.5) is 0 Å². The SMILES string of the molecule is CCOCC(=O)N[C@H](C)C(=O)OC. The predicted octanol–water partition coefficient (Wildman–Crippen LogP) is -0.299. The summed E-state index contributed by atoms with van der Waals surface area (Å²) in [6, 6.07) is -0.627. The van der Waals surface area contributed by atoms with E-state index in [1.54, 1.807) is 13.8 Å². The third-order valence-electron chi connectivity index (χ3n) is 1.37. The third kappa shape index (κ3) is 5.19. The Hall–Kier alpha value is -1.10. The van der Waals surface area contributed by atoms with E-state index >= 15 is 0 Å². The van der Waals surface area contributed by atoms with Crippen LogP contribution in [-0.4, -0.2) is 38.2 Å². The van der Waals surface area contributed by atoms with Gasteiger partial charge in [-0.1, -0.05) is 0 Å². The van der Waals surface area contributed by atoms with Crippen LogP contribution >= 0.6 is 0 Å². The van der Waals surface area contributed by atoms with E-state index in [4.69, 9.17) is 4.74 Å². The number of rotatable bonds is 5. The molecule has 0 aromatic carbocycles. The summed E-state index contributed by atoms with van der Waals surface area (Å²) in [5, 5.41) is 2.43. The molecule has 0 aliphatic rings. The molecule has 76 valence electrons. The largest absolute Gasteiger partial charge is 0.467 e. The van der Waals surface area contributed by atoms with E-state index in [1.807, 2.05) is 0 Å². The number of ether oxygens (including phenoxy) is 2. The summed E-state index contributed by atoms with van der Waals surface area (Å²) in [7, 11) is 1.27. The van der Waals surface area contributed by atoms with Gasteiger partial charge in [-0.15, -0.1) is 0 Å². The van der Waals surface area contributed by atoms with Gasteiger partial charge in [-0.3, -0.25) is 4.79 Å². The zero-order chi connectivity index (χ0) is 10.3. The van der Waals surface area contributed by atoms with Gasteiger partial charge in [-0.05, 0) is 13.8 Å². The molecule has 0 aliphatic heterocycles. The first-order valence-electron chi connectivity index (χ1n) is 4.06. The number of carbonyl (C=O) groups is 2. The van der Waals surface area contributed by atoms with E-state index in [1.165, 1.54) is 7.11 Å². The molecule has 1 amide bonds. The smallest absolute Gasteiger partial charge is 0.328 e. The summed E-state index contributed by atoms with van der Waals surface area (Å²) in [6.07, 6.45) is 0. The summed E-state index contributed by atoms with van der Waals surface area (Å²) in [4.78, 5) is 21.8. The van der Waals surface area contributed by atoms with Crippen LogP contribution in [0.25, 0.3) is 0 Å². The van der Waals surface area contributed by atoms with Crippen LogP contribution in [0.3, 0.4) is 0 Å². The number of nitrogens with one attached hydrogen (secondary N) is 1. The second kappa shape index (κ2) is 6.42. The number of esters is 1. The zero-order valence-electron chi connectivity index (χ0n) is 8.12. The fourth-order valence-corrected chi connectivity index (χ4v) is 0.714. The van der Waals surface area contributed by atoms with Gasteiger partial charge in [0.2, 0.25) is 5.91 Å². The first-order chi connectivity index (χ1) is 6.11. The highest BCUT2D eigenvalue weighted by atomic mass is 16.5. The van der Waals surface area contributed by atoms with Crippen LogP contribution in [0.1, 0.15) is 13.8 Å². The van der Waals surface area contributed by atoms with Crippen molar-refractivity contribution in [3.05, 3.63) is 0 Å². The molecule has 0 rings (SSSR count). The Kier molecular flexibility index (Phi) is 5.88. The Morgan fingerprint density at radius 1 is 1.46 bits per heavy atom. The van der Waals surface area contributed by atoms with Crippen LogP contribution in [0.2, 0.25) is 0 Å². The van der Waals surface area contributed by atoms with Gasteiger partial charge in [0.25, 0.3) is 0 Å². The molecule has 13 heavy (non-hydrogen) atoms. The standard InChI is InChI=1S/C8H15NO4/c1-4-13-5-7(10)9-6(2)8(11)12-3/h6H,4-5H2,1-3H3,(H,9,10)/t6-/m1/s1. The highest BCUT2D eigenvalue weighted by Crippen LogP contribution is 1.86. The minimum atomic E-state index is -0.627. The van der Waals surface area contributed by atoms with Gasteiger partial charge in [-0.25, -0.2) is 4.79 Å². The maximum Gasteiger partial charge on any atom is 0.328 e. The lowest BCUT2D eigenvalue weighted by atomic mass is 10.3. The van der Waals surface area contributed by atoms with E-state index in [0.29, 0.717) is 6.61 Å². The normalized spacial score (nSPS) is 11.9. The number of carbonyl (C=O) groups excluding carboxylic acids is 2. The van der Waals surface area contributed by atoms with Crippen LogP contribution in [0, 0.1) is 0 Å². The molecule has 0 spiro atoms. The van der Waals surface area contributed by atoms with E-state index in [0.717, 1.165) is 0 Å². The van der Waals surface area contributed by atoms with E-state index in [2.05, 4.69) is 10.1 Å². The van der Waals surface area contributed by atoms with Gasteiger partial charge < -0.3 is 14.8 Å². The Balaban J connectivity index is 3.71. The number of amides is 1. The highest BCUT2D eigenvalue weighted by Gasteiger charge is 2.14. The summed E-state index contributed by atoms with van der Waals surface area (Å²) >= 11 is 0. The minimum absolute atomic E-state index is 0.0299. The van der Waals surface area contributed by atoms with E-state index < -0.39 is 12.0 Å². The molecule has 0 aromatic heterocycles. The summed E-state index contributed by atoms with van der Waals surface area (Å²) in [6.45, 7) is 3.78. The van der Waals surface area contributed by atoms with Crippen molar-refractivity contribution in [2.75, 3.05) is 20.3 Å². The second-order valence-corrected chi connectivity index (χ2v) is 2.45. The second-order valence-electron chi connectivity index (χ2n) is 2.45. The van der Waals surface area contributed by atoms with Crippen molar-refractivity contribution in [1.29, 1.82) is 0 Å². The van der Waals surface area contributed by atoms with Crippen LogP contribution in [-0.2, 0) is 19.1 Å². The maximum atomic E-state index is 11.0. The van der Waals surface area contributed by atoms with Crippen molar-refractivity contribution < 1.29 is 19.1 Å². The Bertz CT molecular complexity index is 181. The van der Waals surface area contributed by atoms with Gasteiger partial charge in [0.15, 0.2) is 0 Å². The lowest BCUT2D eigenvalue weighted by molar-refractivity contribution is -0.145. The van der Waals surface area contributed by atoms with E-state index in [-0.39, 0.29) is 12.5 Å². The fourth-order valence-electron chi connectivity index (χ4n) is 0.714. The highest BCUT2D eigenvalue weighted by molar-refractivity contribution is 5.84. The molecule has 5 nitrogen and oxygen atoms in total. The summed E-state index contributed by atoms with van der Waals surface area (Å²) in [5.41, 5.74) is 0. The molecular weight excluding hydrogens is 174 g/mol. The van der Waals surface area contributed by atoms with Crippen LogP contribution < -0.4 is 5.32 Å². The Labute approximate surface area is 77.4 Å². The van der Waals surface area contributed by atoms with Crippen molar-refractivity contribution in [1.82, 2.24) is 5.32 Å². The van der Waals surface area contributed by atoms with Crippen LogP contribution in [0.15, 0.2) is 0 Å². The average molecular weight is 189 g/mol. The molecule has 0 radical (unpaired) electrons. The van der Waals surface area contributed by atoms with Crippen LogP contribution in [0.5, 0.6) is 0 Å².